The molecule has 1 aromatic rings. The van der Waals surface area contributed by atoms with E-state index in [4.69, 9.17) is 4.43 Å². The third kappa shape index (κ3) is 4.92. The van der Waals surface area contributed by atoms with E-state index >= 15 is 0 Å². The molecule has 0 bridgehead atoms. The topological polar surface area (TPSA) is 29.5 Å². The average molecular weight is 334 g/mol. The molecule has 0 saturated carbocycles. The zero-order chi connectivity index (χ0) is 17.1. The first-order valence-electron chi connectivity index (χ1n) is 8.69. The van der Waals surface area contributed by atoms with Crippen LogP contribution in [-0.4, -0.2) is 33.8 Å². The van der Waals surface area contributed by atoms with E-state index in [1.807, 2.05) is 0 Å². The summed E-state index contributed by atoms with van der Waals surface area (Å²) in [6.45, 7) is 13.9. The van der Waals surface area contributed by atoms with E-state index in [0.29, 0.717) is 18.6 Å². The SMILES string of the molecule is CC(C)(C)[Si](C)(C)OCCc1ccc(N2CCC(=O)CC2)cc1. The number of ketones is 1. The van der Waals surface area contributed by atoms with Gasteiger partial charge in [-0.3, -0.25) is 4.79 Å². The van der Waals surface area contributed by atoms with Crippen molar-refractivity contribution in [1.29, 1.82) is 0 Å². The fourth-order valence-electron chi connectivity index (χ4n) is 2.53. The van der Waals surface area contributed by atoms with E-state index in [9.17, 15) is 4.79 Å². The van der Waals surface area contributed by atoms with Crippen LogP contribution < -0.4 is 4.90 Å². The molecular formula is C19H31NO2Si. The van der Waals surface area contributed by atoms with Crippen LogP contribution in [0.1, 0.15) is 39.2 Å². The number of benzene rings is 1. The molecule has 0 N–H and O–H groups in total. The predicted molar refractivity (Wildman–Crippen MR) is 99.7 cm³/mol. The minimum Gasteiger partial charge on any atom is -0.416 e. The van der Waals surface area contributed by atoms with Crippen LogP contribution in [0.25, 0.3) is 0 Å². The van der Waals surface area contributed by atoms with Crippen LogP contribution in [0.15, 0.2) is 24.3 Å². The minimum absolute atomic E-state index is 0.266. The van der Waals surface area contributed by atoms with Crippen molar-refractivity contribution >= 4 is 19.8 Å². The Morgan fingerprint density at radius 2 is 1.65 bits per heavy atom. The maximum atomic E-state index is 11.3. The highest BCUT2D eigenvalue weighted by molar-refractivity contribution is 6.74. The molecule has 1 fully saturated rings. The molecule has 4 heteroatoms. The molecule has 0 amide bonds. The van der Waals surface area contributed by atoms with Crippen molar-refractivity contribution in [3.63, 3.8) is 0 Å². The van der Waals surface area contributed by atoms with Crippen molar-refractivity contribution in [3.05, 3.63) is 29.8 Å². The summed E-state index contributed by atoms with van der Waals surface area (Å²) < 4.78 is 6.25. The third-order valence-electron chi connectivity index (χ3n) is 5.28. The number of carbonyl (C=O) groups is 1. The molecule has 0 radical (unpaired) electrons. The Kier molecular flexibility index (Phi) is 5.68. The molecule has 23 heavy (non-hydrogen) atoms. The minimum atomic E-state index is -1.64. The second-order valence-corrected chi connectivity index (χ2v) is 12.9. The van der Waals surface area contributed by atoms with Gasteiger partial charge in [-0.05, 0) is 42.2 Å². The molecule has 128 valence electrons. The molecule has 1 aliphatic rings. The summed E-state index contributed by atoms with van der Waals surface area (Å²) in [7, 11) is -1.64. The lowest BCUT2D eigenvalue weighted by Gasteiger charge is -2.36. The number of hydrogen-bond donors (Lipinski definition) is 0. The second kappa shape index (κ2) is 7.18. The second-order valence-electron chi connectivity index (χ2n) is 8.05. The highest BCUT2D eigenvalue weighted by atomic mass is 28.4. The molecule has 0 atom stereocenters. The van der Waals surface area contributed by atoms with Gasteiger partial charge in [0.15, 0.2) is 8.32 Å². The first-order valence-corrected chi connectivity index (χ1v) is 11.6. The number of piperidine rings is 1. The molecule has 1 saturated heterocycles. The van der Waals surface area contributed by atoms with Gasteiger partial charge in [-0.15, -0.1) is 0 Å². The number of rotatable bonds is 5. The maximum Gasteiger partial charge on any atom is 0.191 e. The Morgan fingerprint density at radius 1 is 1.09 bits per heavy atom. The van der Waals surface area contributed by atoms with Crippen molar-refractivity contribution in [1.82, 2.24) is 0 Å². The standard InChI is InChI=1S/C19H31NO2Si/c1-19(2,3)23(4,5)22-15-12-16-6-8-17(9-7-16)20-13-10-18(21)11-14-20/h6-9H,10-15H2,1-5H3. The zero-order valence-electron chi connectivity index (χ0n) is 15.3. The fourth-order valence-corrected chi connectivity index (χ4v) is 3.57. The van der Waals surface area contributed by atoms with Crippen molar-refractivity contribution in [2.45, 2.75) is 58.2 Å². The first kappa shape index (κ1) is 18.2. The van der Waals surface area contributed by atoms with E-state index in [0.717, 1.165) is 26.1 Å². The molecule has 3 nitrogen and oxygen atoms in total. The van der Waals surface area contributed by atoms with Crippen molar-refractivity contribution in [2.75, 3.05) is 24.6 Å². The van der Waals surface area contributed by atoms with E-state index in [2.05, 4.69) is 63.0 Å². The first-order chi connectivity index (χ1) is 10.7. The van der Waals surface area contributed by atoms with Gasteiger partial charge in [0.05, 0.1) is 0 Å². The summed E-state index contributed by atoms with van der Waals surface area (Å²) >= 11 is 0. The van der Waals surface area contributed by atoms with Crippen molar-refractivity contribution in [2.24, 2.45) is 0 Å². The average Bonchev–Trinajstić information content (AvgIpc) is 2.47. The number of nitrogens with zero attached hydrogens (tertiary/aromatic N) is 1. The lowest BCUT2D eigenvalue weighted by atomic mass is 10.1. The molecule has 2 rings (SSSR count). The van der Waals surface area contributed by atoms with Gasteiger partial charge < -0.3 is 9.33 Å². The lowest BCUT2D eigenvalue weighted by molar-refractivity contribution is -0.119. The molecular weight excluding hydrogens is 302 g/mol. The van der Waals surface area contributed by atoms with Crippen LogP contribution in [-0.2, 0) is 15.6 Å². The fraction of sp³-hybridized carbons (Fsp3) is 0.632. The number of hydrogen-bond acceptors (Lipinski definition) is 3. The Bertz CT molecular complexity index is 521. The van der Waals surface area contributed by atoms with Gasteiger partial charge in [-0.1, -0.05) is 32.9 Å². The van der Waals surface area contributed by atoms with E-state index < -0.39 is 8.32 Å². The summed E-state index contributed by atoms with van der Waals surface area (Å²) in [5.41, 5.74) is 2.55. The normalized spacial score (nSPS) is 16.7. The maximum absolute atomic E-state index is 11.3. The Balaban J connectivity index is 1.85. The number of Topliss-reactive ketones (excluding diaryl/α,β-unsaturated/α-hetero) is 1. The Labute approximate surface area is 142 Å². The molecule has 0 unspecified atom stereocenters. The third-order valence-corrected chi connectivity index (χ3v) is 9.82. The molecule has 0 spiro atoms. The van der Waals surface area contributed by atoms with Crippen molar-refractivity contribution in [3.8, 4) is 0 Å². The lowest BCUT2D eigenvalue weighted by Crippen LogP contribution is -2.41. The highest BCUT2D eigenvalue weighted by Crippen LogP contribution is 2.36. The van der Waals surface area contributed by atoms with E-state index in [1.54, 1.807) is 0 Å². The van der Waals surface area contributed by atoms with Gasteiger partial charge in [0.25, 0.3) is 0 Å². The molecule has 0 aliphatic carbocycles. The van der Waals surface area contributed by atoms with Gasteiger partial charge in [-0.25, -0.2) is 0 Å². The quantitative estimate of drug-likeness (QED) is 0.747. The van der Waals surface area contributed by atoms with Crippen LogP contribution in [0.5, 0.6) is 0 Å². The smallest absolute Gasteiger partial charge is 0.191 e. The van der Waals surface area contributed by atoms with Gasteiger partial charge in [0.1, 0.15) is 5.78 Å². The van der Waals surface area contributed by atoms with Gasteiger partial charge in [0, 0.05) is 38.2 Å². The Morgan fingerprint density at radius 3 is 2.17 bits per heavy atom. The van der Waals surface area contributed by atoms with Crippen LogP contribution >= 0.6 is 0 Å². The summed E-state index contributed by atoms with van der Waals surface area (Å²) in [5, 5.41) is 0.266. The number of anilines is 1. The monoisotopic (exact) mass is 333 g/mol. The summed E-state index contributed by atoms with van der Waals surface area (Å²) in [4.78, 5) is 13.6. The van der Waals surface area contributed by atoms with Crippen LogP contribution in [0.4, 0.5) is 5.69 Å². The van der Waals surface area contributed by atoms with E-state index in [-0.39, 0.29) is 5.04 Å². The number of carbonyl (C=O) groups excluding carboxylic acids is 1. The highest BCUT2D eigenvalue weighted by Gasteiger charge is 2.36. The zero-order valence-corrected chi connectivity index (χ0v) is 16.3. The van der Waals surface area contributed by atoms with E-state index in [1.165, 1.54) is 11.3 Å². The molecule has 1 aliphatic heterocycles. The summed E-state index contributed by atoms with van der Waals surface area (Å²) in [6, 6.07) is 8.75. The Hall–Kier alpha value is -1.13. The summed E-state index contributed by atoms with van der Waals surface area (Å²) in [6.07, 6.45) is 2.33. The van der Waals surface area contributed by atoms with Crippen LogP contribution in [0, 0.1) is 0 Å². The van der Waals surface area contributed by atoms with Crippen molar-refractivity contribution < 1.29 is 9.22 Å². The largest absolute Gasteiger partial charge is 0.416 e. The molecule has 1 aromatic carbocycles. The molecule has 0 aromatic heterocycles. The van der Waals surface area contributed by atoms with Gasteiger partial charge in [-0.2, -0.15) is 0 Å². The molecule has 1 heterocycles. The van der Waals surface area contributed by atoms with Crippen LogP contribution in [0.2, 0.25) is 18.1 Å². The summed E-state index contributed by atoms with van der Waals surface area (Å²) in [5.74, 6) is 0.389. The van der Waals surface area contributed by atoms with Gasteiger partial charge in [0.2, 0.25) is 0 Å². The van der Waals surface area contributed by atoms with Crippen LogP contribution in [0.3, 0.4) is 0 Å². The predicted octanol–water partition coefficient (Wildman–Crippen LogP) is 4.42. The van der Waals surface area contributed by atoms with Gasteiger partial charge >= 0.3 is 0 Å².